The van der Waals surface area contributed by atoms with Crippen molar-refractivity contribution in [1.29, 1.82) is 0 Å². The van der Waals surface area contributed by atoms with Crippen molar-refractivity contribution in [2.45, 2.75) is 6.42 Å². The number of aromatic hydroxyl groups is 1. The maximum absolute atomic E-state index is 12.3. The zero-order valence-corrected chi connectivity index (χ0v) is 13.0. The summed E-state index contributed by atoms with van der Waals surface area (Å²) in [4.78, 5) is 16.4. The third-order valence-corrected chi connectivity index (χ3v) is 4.00. The van der Waals surface area contributed by atoms with Gasteiger partial charge in [-0.3, -0.25) is 9.78 Å². The minimum atomic E-state index is -0.331. The van der Waals surface area contributed by atoms with Crippen LogP contribution in [0.15, 0.2) is 54.7 Å². The number of hydrogen-bond acceptors (Lipinski definition) is 3. The molecule has 0 radical (unpaired) electrons. The van der Waals surface area contributed by atoms with Gasteiger partial charge >= 0.3 is 0 Å². The monoisotopic (exact) mass is 326 g/mol. The van der Waals surface area contributed by atoms with E-state index in [1.54, 1.807) is 24.4 Å². The summed E-state index contributed by atoms with van der Waals surface area (Å²) < 4.78 is 0. The maximum atomic E-state index is 12.3. The number of nitrogens with one attached hydrogen (secondary N) is 1. The SMILES string of the molecule is O=C(NCCc1ccccc1Cl)c1ccc2cccnc2c1O. The molecule has 0 saturated carbocycles. The fourth-order valence-electron chi connectivity index (χ4n) is 2.42. The fourth-order valence-corrected chi connectivity index (χ4v) is 2.65. The third-order valence-electron chi connectivity index (χ3n) is 3.63. The fraction of sp³-hybridized carbons (Fsp3) is 0.111. The maximum Gasteiger partial charge on any atom is 0.255 e. The topological polar surface area (TPSA) is 62.2 Å². The van der Waals surface area contributed by atoms with E-state index in [0.717, 1.165) is 10.9 Å². The molecule has 23 heavy (non-hydrogen) atoms. The number of nitrogens with zero attached hydrogens (tertiary/aromatic N) is 1. The number of hydrogen-bond donors (Lipinski definition) is 2. The van der Waals surface area contributed by atoms with Crippen LogP contribution >= 0.6 is 11.6 Å². The van der Waals surface area contributed by atoms with Crippen LogP contribution in [0, 0.1) is 0 Å². The number of phenolic OH excluding ortho intramolecular Hbond substituents is 1. The highest BCUT2D eigenvalue weighted by Gasteiger charge is 2.14. The van der Waals surface area contributed by atoms with Crippen molar-refractivity contribution in [3.8, 4) is 5.75 Å². The molecule has 0 atom stereocenters. The van der Waals surface area contributed by atoms with Crippen LogP contribution in [-0.2, 0) is 6.42 Å². The molecule has 1 heterocycles. The van der Waals surface area contributed by atoms with E-state index in [2.05, 4.69) is 10.3 Å². The Morgan fingerprint density at radius 1 is 1.13 bits per heavy atom. The number of amides is 1. The molecule has 0 bridgehead atoms. The minimum Gasteiger partial charge on any atom is -0.505 e. The average molecular weight is 327 g/mol. The van der Waals surface area contributed by atoms with E-state index in [0.29, 0.717) is 23.5 Å². The lowest BCUT2D eigenvalue weighted by Gasteiger charge is -2.09. The Hall–Kier alpha value is -2.59. The Balaban J connectivity index is 1.71. The number of fused-ring (bicyclic) bond motifs is 1. The van der Waals surface area contributed by atoms with Crippen molar-refractivity contribution in [1.82, 2.24) is 10.3 Å². The van der Waals surface area contributed by atoms with E-state index in [9.17, 15) is 9.90 Å². The van der Waals surface area contributed by atoms with Gasteiger partial charge in [0.25, 0.3) is 5.91 Å². The van der Waals surface area contributed by atoms with Crippen LogP contribution < -0.4 is 5.32 Å². The first kappa shape index (κ1) is 15.3. The second kappa shape index (κ2) is 6.67. The predicted octanol–water partition coefficient (Wildman–Crippen LogP) is 3.57. The molecule has 116 valence electrons. The first-order valence-corrected chi connectivity index (χ1v) is 7.63. The molecule has 0 aliphatic heterocycles. The van der Waals surface area contributed by atoms with Crippen LogP contribution in [0.1, 0.15) is 15.9 Å². The smallest absolute Gasteiger partial charge is 0.255 e. The Bertz CT molecular complexity index is 865. The molecule has 0 spiro atoms. The molecule has 3 aromatic rings. The van der Waals surface area contributed by atoms with E-state index >= 15 is 0 Å². The molecule has 0 aliphatic carbocycles. The van der Waals surface area contributed by atoms with Crippen LogP contribution in [0.5, 0.6) is 5.75 Å². The summed E-state index contributed by atoms with van der Waals surface area (Å²) in [5, 5.41) is 14.5. The number of halogens is 1. The number of carbonyl (C=O) groups excluding carboxylic acids is 1. The van der Waals surface area contributed by atoms with Gasteiger partial charge < -0.3 is 10.4 Å². The van der Waals surface area contributed by atoms with Crippen molar-refractivity contribution >= 4 is 28.4 Å². The summed E-state index contributed by atoms with van der Waals surface area (Å²) in [6.07, 6.45) is 2.21. The number of aromatic nitrogens is 1. The summed E-state index contributed by atoms with van der Waals surface area (Å²) in [5.41, 5.74) is 1.61. The molecule has 0 aliphatic rings. The average Bonchev–Trinajstić information content (AvgIpc) is 2.57. The summed E-state index contributed by atoms with van der Waals surface area (Å²) in [6, 6.07) is 14.5. The van der Waals surface area contributed by atoms with Crippen LogP contribution in [0.2, 0.25) is 5.02 Å². The molecule has 0 fully saturated rings. The molecule has 0 saturated heterocycles. The lowest BCUT2D eigenvalue weighted by Crippen LogP contribution is -2.25. The van der Waals surface area contributed by atoms with Gasteiger partial charge in [-0.15, -0.1) is 0 Å². The summed E-state index contributed by atoms with van der Waals surface area (Å²) in [5.74, 6) is -0.430. The van der Waals surface area contributed by atoms with Crippen molar-refractivity contribution in [3.05, 3.63) is 70.9 Å². The van der Waals surface area contributed by atoms with Crippen LogP contribution in [0.3, 0.4) is 0 Å². The lowest BCUT2D eigenvalue weighted by atomic mass is 10.1. The van der Waals surface area contributed by atoms with E-state index < -0.39 is 0 Å². The van der Waals surface area contributed by atoms with Crippen LogP contribution in [0.25, 0.3) is 10.9 Å². The minimum absolute atomic E-state index is 0.0988. The zero-order chi connectivity index (χ0) is 16.2. The molecule has 1 aromatic heterocycles. The van der Waals surface area contributed by atoms with Crippen molar-refractivity contribution in [2.75, 3.05) is 6.54 Å². The van der Waals surface area contributed by atoms with Crippen LogP contribution in [-0.4, -0.2) is 22.5 Å². The second-order valence-corrected chi connectivity index (χ2v) is 5.54. The molecule has 2 aromatic carbocycles. The van der Waals surface area contributed by atoms with Gasteiger partial charge in [0.15, 0.2) is 5.75 Å². The highest BCUT2D eigenvalue weighted by molar-refractivity contribution is 6.31. The van der Waals surface area contributed by atoms with Gasteiger partial charge in [0, 0.05) is 23.2 Å². The van der Waals surface area contributed by atoms with Crippen LogP contribution in [0.4, 0.5) is 0 Å². The standard InChI is InChI=1S/C18H15ClN2O2/c19-15-6-2-1-4-12(15)9-11-21-18(23)14-8-7-13-5-3-10-20-16(13)17(14)22/h1-8,10,22H,9,11H2,(H,21,23). The number of phenols is 1. The van der Waals surface area contributed by atoms with E-state index in [4.69, 9.17) is 11.6 Å². The van der Waals surface area contributed by atoms with Gasteiger partial charge in [0.1, 0.15) is 5.52 Å². The van der Waals surface area contributed by atoms with Crippen molar-refractivity contribution in [2.24, 2.45) is 0 Å². The molecular weight excluding hydrogens is 312 g/mol. The Kier molecular flexibility index (Phi) is 4.44. The highest BCUT2D eigenvalue weighted by Crippen LogP contribution is 2.26. The molecule has 5 heteroatoms. The largest absolute Gasteiger partial charge is 0.505 e. The van der Waals surface area contributed by atoms with E-state index in [1.807, 2.05) is 30.3 Å². The molecular formula is C18H15ClN2O2. The number of benzene rings is 2. The number of rotatable bonds is 4. The van der Waals surface area contributed by atoms with Crippen molar-refractivity contribution in [3.63, 3.8) is 0 Å². The molecule has 3 rings (SSSR count). The lowest BCUT2D eigenvalue weighted by molar-refractivity contribution is 0.0951. The van der Waals surface area contributed by atoms with E-state index in [-0.39, 0.29) is 17.2 Å². The predicted molar refractivity (Wildman–Crippen MR) is 90.9 cm³/mol. The van der Waals surface area contributed by atoms with Gasteiger partial charge in [-0.1, -0.05) is 41.9 Å². The molecule has 4 nitrogen and oxygen atoms in total. The third kappa shape index (κ3) is 3.27. The number of pyridine rings is 1. The normalized spacial score (nSPS) is 10.7. The zero-order valence-electron chi connectivity index (χ0n) is 12.3. The first-order chi connectivity index (χ1) is 11.2. The number of carbonyl (C=O) groups is 1. The Morgan fingerprint density at radius 3 is 2.78 bits per heavy atom. The summed E-state index contributed by atoms with van der Waals surface area (Å²) >= 11 is 6.09. The molecule has 1 amide bonds. The Labute approximate surface area is 138 Å². The molecule has 2 N–H and O–H groups in total. The van der Waals surface area contributed by atoms with Crippen molar-refractivity contribution < 1.29 is 9.90 Å². The second-order valence-electron chi connectivity index (χ2n) is 5.13. The van der Waals surface area contributed by atoms with Gasteiger partial charge in [0.2, 0.25) is 0 Å². The summed E-state index contributed by atoms with van der Waals surface area (Å²) in [6.45, 7) is 0.433. The Morgan fingerprint density at radius 2 is 1.96 bits per heavy atom. The van der Waals surface area contributed by atoms with E-state index in [1.165, 1.54) is 0 Å². The van der Waals surface area contributed by atoms with Gasteiger partial charge in [-0.2, -0.15) is 0 Å². The van der Waals surface area contributed by atoms with Gasteiger partial charge in [-0.05, 0) is 30.2 Å². The van der Waals surface area contributed by atoms with Gasteiger partial charge in [0.05, 0.1) is 5.56 Å². The molecule has 0 unspecified atom stereocenters. The first-order valence-electron chi connectivity index (χ1n) is 7.25. The summed E-state index contributed by atoms with van der Waals surface area (Å²) in [7, 11) is 0. The van der Waals surface area contributed by atoms with Gasteiger partial charge in [-0.25, -0.2) is 0 Å². The highest BCUT2D eigenvalue weighted by atomic mass is 35.5. The quantitative estimate of drug-likeness (QED) is 0.770.